The number of hydrogen-bond acceptors (Lipinski definition) is 4. The highest BCUT2D eigenvalue weighted by Crippen LogP contribution is 2.14. The van der Waals surface area contributed by atoms with E-state index in [1.807, 2.05) is 13.8 Å². The molecule has 3 N–H and O–H groups in total. The molecule has 2 amide bonds. The van der Waals surface area contributed by atoms with Crippen molar-refractivity contribution in [3.05, 3.63) is 22.6 Å². The number of amides is 2. The Morgan fingerprint density at radius 2 is 2.15 bits per heavy atom. The number of carbonyl (C=O) groups excluding carboxylic acids is 2. The fourth-order valence-electron chi connectivity index (χ4n) is 1.64. The summed E-state index contributed by atoms with van der Waals surface area (Å²) in [5, 5.41) is 14.3. The Morgan fingerprint density at radius 1 is 1.45 bits per heavy atom. The Labute approximate surface area is 126 Å². The van der Waals surface area contributed by atoms with Crippen molar-refractivity contribution in [3.8, 4) is 0 Å². The summed E-state index contributed by atoms with van der Waals surface area (Å²) in [4.78, 5) is 23.5. The fourth-order valence-corrected chi connectivity index (χ4v) is 1.95. The maximum absolute atomic E-state index is 11.8. The van der Waals surface area contributed by atoms with E-state index in [0.717, 1.165) is 0 Å². The molecular formula is C13H19BrN2O4. The van der Waals surface area contributed by atoms with Crippen LogP contribution in [0.3, 0.4) is 0 Å². The van der Waals surface area contributed by atoms with Gasteiger partial charge in [-0.3, -0.25) is 9.59 Å². The molecule has 1 rings (SSSR count). The summed E-state index contributed by atoms with van der Waals surface area (Å²) in [5.74, 6) is -0.619. The van der Waals surface area contributed by atoms with E-state index < -0.39 is 11.4 Å². The normalized spacial score (nSPS) is 13.6. The minimum atomic E-state index is -0.468. The van der Waals surface area contributed by atoms with Crippen LogP contribution in [0, 0.1) is 0 Å². The summed E-state index contributed by atoms with van der Waals surface area (Å²) < 4.78 is 5.53. The van der Waals surface area contributed by atoms with Gasteiger partial charge in [-0.25, -0.2) is 0 Å². The Morgan fingerprint density at radius 3 is 2.65 bits per heavy atom. The number of aliphatic hydroxyl groups excluding tert-OH is 1. The van der Waals surface area contributed by atoms with Crippen molar-refractivity contribution in [1.82, 2.24) is 10.6 Å². The lowest BCUT2D eigenvalue weighted by molar-refractivity contribution is -0.122. The fraction of sp³-hybridized carbons (Fsp3) is 0.538. The molecular weight excluding hydrogens is 328 g/mol. The maximum Gasteiger partial charge on any atom is 0.287 e. The number of halogens is 1. The Balaban J connectivity index is 2.45. The van der Waals surface area contributed by atoms with Crippen molar-refractivity contribution in [2.75, 3.05) is 13.2 Å². The van der Waals surface area contributed by atoms with Gasteiger partial charge in [-0.05, 0) is 47.8 Å². The van der Waals surface area contributed by atoms with Crippen molar-refractivity contribution in [3.63, 3.8) is 0 Å². The third-order valence-corrected chi connectivity index (χ3v) is 3.52. The summed E-state index contributed by atoms with van der Waals surface area (Å²) in [5.41, 5.74) is -0.468. The van der Waals surface area contributed by atoms with Crippen LogP contribution in [-0.4, -0.2) is 35.6 Å². The van der Waals surface area contributed by atoms with Crippen molar-refractivity contribution in [2.24, 2.45) is 0 Å². The molecule has 0 aliphatic rings. The first-order chi connectivity index (χ1) is 9.40. The van der Waals surface area contributed by atoms with E-state index in [1.54, 1.807) is 6.07 Å². The molecule has 0 aromatic carbocycles. The predicted molar refractivity (Wildman–Crippen MR) is 77.3 cm³/mol. The van der Waals surface area contributed by atoms with Gasteiger partial charge in [-0.2, -0.15) is 0 Å². The van der Waals surface area contributed by atoms with E-state index in [9.17, 15) is 9.59 Å². The lowest BCUT2D eigenvalue weighted by Crippen LogP contribution is -2.49. The molecule has 6 nitrogen and oxygen atoms in total. The molecule has 7 heteroatoms. The highest BCUT2D eigenvalue weighted by atomic mass is 79.9. The summed E-state index contributed by atoms with van der Waals surface area (Å²) in [6, 6.07) is 3.11. The maximum atomic E-state index is 11.8. The second-order valence-corrected chi connectivity index (χ2v) is 5.50. The highest BCUT2D eigenvalue weighted by Gasteiger charge is 2.23. The molecule has 0 fully saturated rings. The van der Waals surface area contributed by atoms with Crippen molar-refractivity contribution >= 4 is 27.7 Å². The number of nitrogens with one attached hydrogen (secondary N) is 2. The van der Waals surface area contributed by atoms with Gasteiger partial charge < -0.3 is 20.2 Å². The van der Waals surface area contributed by atoms with E-state index in [2.05, 4.69) is 26.6 Å². The molecule has 0 spiro atoms. The van der Waals surface area contributed by atoms with Crippen LogP contribution in [-0.2, 0) is 4.79 Å². The smallest absolute Gasteiger partial charge is 0.287 e. The molecule has 1 aromatic heterocycles. The molecule has 112 valence electrons. The Hall–Kier alpha value is -1.34. The van der Waals surface area contributed by atoms with Gasteiger partial charge >= 0.3 is 0 Å². The number of rotatable bonds is 7. The lowest BCUT2D eigenvalue weighted by Gasteiger charge is -2.29. The van der Waals surface area contributed by atoms with Crippen molar-refractivity contribution < 1.29 is 19.1 Å². The zero-order chi connectivity index (χ0) is 15.2. The number of carbonyl (C=O) groups is 2. The zero-order valence-corrected chi connectivity index (χ0v) is 13.1. The zero-order valence-electron chi connectivity index (χ0n) is 11.5. The molecule has 0 radical (unpaired) electrons. The average Bonchev–Trinajstić information content (AvgIpc) is 2.83. The van der Waals surface area contributed by atoms with Crippen LogP contribution in [0.25, 0.3) is 0 Å². The van der Waals surface area contributed by atoms with Gasteiger partial charge in [0.25, 0.3) is 5.91 Å². The van der Waals surface area contributed by atoms with Gasteiger partial charge in [-0.1, -0.05) is 6.92 Å². The molecule has 0 saturated heterocycles. The van der Waals surface area contributed by atoms with Crippen LogP contribution in [0.1, 0.15) is 37.2 Å². The van der Waals surface area contributed by atoms with E-state index >= 15 is 0 Å². The van der Waals surface area contributed by atoms with E-state index in [1.165, 1.54) is 6.07 Å². The third-order valence-electron chi connectivity index (χ3n) is 3.09. The SMILES string of the molecule is CCC(C)(CCO)NC(=O)CNC(=O)c1ccc(Br)o1. The van der Waals surface area contributed by atoms with Gasteiger partial charge in [0, 0.05) is 12.1 Å². The van der Waals surface area contributed by atoms with Crippen LogP contribution in [0.2, 0.25) is 0 Å². The second kappa shape index (κ2) is 7.44. The summed E-state index contributed by atoms with van der Waals surface area (Å²) in [6.07, 6.45) is 1.16. The third kappa shape index (κ3) is 4.97. The van der Waals surface area contributed by atoms with Gasteiger partial charge in [0.05, 0.1) is 6.54 Å². The van der Waals surface area contributed by atoms with Crippen LogP contribution in [0.15, 0.2) is 21.2 Å². The first-order valence-electron chi connectivity index (χ1n) is 6.35. The monoisotopic (exact) mass is 346 g/mol. The molecule has 1 atom stereocenters. The summed E-state index contributed by atoms with van der Waals surface area (Å²) in [6.45, 7) is 3.64. The standard InChI is InChI=1S/C13H19BrN2O4/c1-3-13(2,6-7-17)16-11(18)8-15-12(19)9-4-5-10(14)20-9/h4-5,17H,3,6-8H2,1-2H3,(H,15,19)(H,16,18). The Kier molecular flexibility index (Phi) is 6.22. The second-order valence-electron chi connectivity index (χ2n) is 4.72. The minimum Gasteiger partial charge on any atom is -0.444 e. The first kappa shape index (κ1) is 16.7. The minimum absolute atomic E-state index is 0.00258. The van der Waals surface area contributed by atoms with Crippen molar-refractivity contribution in [1.29, 1.82) is 0 Å². The lowest BCUT2D eigenvalue weighted by atomic mass is 9.95. The van der Waals surface area contributed by atoms with Gasteiger partial charge in [0.15, 0.2) is 10.4 Å². The molecule has 0 bridgehead atoms. The van der Waals surface area contributed by atoms with Crippen LogP contribution < -0.4 is 10.6 Å². The van der Waals surface area contributed by atoms with E-state index in [-0.39, 0.29) is 24.8 Å². The average molecular weight is 347 g/mol. The topological polar surface area (TPSA) is 91.6 Å². The summed E-state index contributed by atoms with van der Waals surface area (Å²) in [7, 11) is 0. The van der Waals surface area contributed by atoms with Gasteiger partial charge in [-0.15, -0.1) is 0 Å². The van der Waals surface area contributed by atoms with E-state index in [4.69, 9.17) is 9.52 Å². The highest BCUT2D eigenvalue weighted by molar-refractivity contribution is 9.10. The quantitative estimate of drug-likeness (QED) is 0.696. The van der Waals surface area contributed by atoms with Crippen LogP contribution in [0.5, 0.6) is 0 Å². The molecule has 0 aliphatic heterocycles. The molecule has 1 heterocycles. The van der Waals surface area contributed by atoms with Crippen LogP contribution >= 0.6 is 15.9 Å². The number of furan rings is 1. The molecule has 20 heavy (non-hydrogen) atoms. The Bertz CT molecular complexity index is 475. The molecule has 0 aliphatic carbocycles. The van der Waals surface area contributed by atoms with E-state index in [0.29, 0.717) is 17.5 Å². The largest absolute Gasteiger partial charge is 0.444 e. The molecule has 1 unspecified atom stereocenters. The number of aliphatic hydroxyl groups is 1. The van der Waals surface area contributed by atoms with Crippen LogP contribution in [0.4, 0.5) is 0 Å². The first-order valence-corrected chi connectivity index (χ1v) is 7.15. The molecule has 1 aromatic rings. The molecule has 0 saturated carbocycles. The number of hydrogen-bond donors (Lipinski definition) is 3. The van der Waals surface area contributed by atoms with Crippen molar-refractivity contribution in [2.45, 2.75) is 32.2 Å². The summed E-state index contributed by atoms with van der Waals surface area (Å²) >= 11 is 3.10. The van der Waals surface area contributed by atoms with Gasteiger partial charge in [0.2, 0.25) is 5.91 Å². The van der Waals surface area contributed by atoms with Gasteiger partial charge in [0.1, 0.15) is 0 Å². The predicted octanol–water partition coefficient (Wildman–Crippen LogP) is 1.44.